The van der Waals surface area contributed by atoms with E-state index in [0.717, 1.165) is 44.9 Å². The van der Waals surface area contributed by atoms with E-state index < -0.39 is 0 Å². The number of nitrogens with one attached hydrogen (secondary N) is 1. The Morgan fingerprint density at radius 3 is 2.75 bits per heavy atom. The minimum absolute atomic E-state index is 0.0164. The molecule has 0 spiro atoms. The van der Waals surface area contributed by atoms with Crippen molar-refractivity contribution in [3.63, 3.8) is 0 Å². The summed E-state index contributed by atoms with van der Waals surface area (Å²) < 4.78 is 10.9. The molecule has 1 amide bonds. The van der Waals surface area contributed by atoms with Crippen LogP contribution in [0.15, 0.2) is 22.8 Å². The highest BCUT2D eigenvalue weighted by molar-refractivity contribution is 5.78. The summed E-state index contributed by atoms with van der Waals surface area (Å²) in [7, 11) is 0. The first-order valence-electron chi connectivity index (χ1n) is 10.4. The van der Waals surface area contributed by atoms with E-state index in [1.54, 1.807) is 6.26 Å². The van der Waals surface area contributed by atoms with Gasteiger partial charge >= 0.3 is 0 Å². The number of furan rings is 1. The number of nitrogens with zero attached hydrogens (tertiary/aromatic N) is 3. The van der Waals surface area contributed by atoms with Gasteiger partial charge in [-0.1, -0.05) is 19.3 Å². The van der Waals surface area contributed by atoms with Crippen LogP contribution in [0.2, 0.25) is 0 Å². The Bertz CT molecular complexity index is 629. The molecule has 1 aromatic heterocycles. The molecule has 1 aliphatic heterocycles. The summed E-state index contributed by atoms with van der Waals surface area (Å²) in [6.45, 7) is 5.52. The fraction of sp³-hybridized carbons (Fsp3) is 0.714. The van der Waals surface area contributed by atoms with Gasteiger partial charge in [0, 0.05) is 38.1 Å². The van der Waals surface area contributed by atoms with Crippen molar-refractivity contribution in [2.45, 2.75) is 50.6 Å². The number of amides is 1. The number of ether oxygens (including phenoxy) is 1. The van der Waals surface area contributed by atoms with E-state index in [1.165, 1.54) is 19.3 Å². The van der Waals surface area contributed by atoms with Crippen LogP contribution in [-0.2, 0) is 16.1 Å². The average molecular weight is 389 g/mol. The lowest BCUT2D eigenvalue weighted by Gasteiger charge is -2.48. The summed E-state index contributed by atoms with van der Waals surface area (Å²) in [6.07, 6.45) is 8.03. The Hall–Kier alpha value is -1.88. The van der Waals surface area contributed by atoms with Crippen LogP contribution < -0.4 is 5.32 Å². The monoisotopic (exact) mass is 388 g/mol. The van der Waals surface area contributed by atoms with Crippen molar-refractivity contribution in [2.75, 3.05) is 45.9 Å². The van der Waals surface area contributed by atoms with Gasteiger partial charge in [0.2, 0.25) is 5.91 Å². The maximum atomic E-state index is 12.7. The molecule has 1 aliphatic carbocycles. The minimum Gasteiger partial charge on any atom is -0.468 e. The van der Waals surface area contributed by atoms with Crippen LogP contribution in [0.25, 0.3) is 0 Å². The largest absolute Gasteiger partial charge is 0.468 e. The Morgan fingerprint density at radius 2 is 2.07 bits per heavy atom. The lowest BCUT2D eigenvalue weighted by Crippen LogP contribution is -2.60. The van der Waals surface area contributed by atoms with E-state index in [-0.39, 0.29) is 18.0 Å². The number of carbonyl (C=O) groups is 1. The van der Waals surface area contributed by atoms with Crippen LogP contribution in [0.1, 0.15) is 44.3 Å². The third kappa shape index (κ3) is 5.81. The molecule has 0 radical (unpaired) electrons. The zero-order chi connectivity index (χ0) is 19.7. The minimum atomic E-state index is 0.0164. The van der Waals surface area contributed by atoms with E-state index in [0.29, 0.717) is 26.1 Å². The van der Waals surface area contributed by atoms with Crippen LogP contribution in [-0.4, -0.2) is 67.2 Å². The second-order valence-corrected chi connectivity index (χ2v) is 7.86. The molecule has 7 nitrogen and oxygen atoms in total. The summed E-state index contributed by atoms with van der Waals surface area (Å²) in [4.78, 5) is 17.2. The van der Waals surface area contributed by atoms with Crippen molar-refractivity contribution < 1.29 is 13.9 Å². The summed E-state index contributed by atoms with van der Waals surface area (Å²) in [5.41, 5.74) is 0.0657. The predicted molar refractivity (Wildman–Crippen MR) is 105 cm³/mol. The van der Waals surface area contributed by atoms with Crippen LogP contribution in [0.4, 0.5) is 0 Å². The number of carbonyl (C=O) groups excluding carboxylic acids is 1. The maximum Gasteiger partial charge on any atom is 0.234 e. The molecular weight excluding hydrogens is 356 g/mol. The van der Waals surface area contributed by atoms with Gasteiger partial charge in [0.25, 0.3) is 0 Å². The van der Waals surface area contributed by atoms with Crippen molar-refractivity contribution >= 4 is 5.91 Å². The molecule has 1 saturated heterocycles. The Labute approximate surface area is 167 Å². The Morgan fingerprint density at radius 1 is 1.29 bits per heavy atom. The highest BCUT2D eigenvalue weighted by atomic mass is 16.5. The standard InChI is InChI=1S/C21H32N4O3/c22-9-5-10-24(16-19-6-4-13-28-19)17-20(26)23-18-21(7-2-1-3-8-21)25-11-14-27-15-12-25/h4,6,13H,1-3,5,7-8,10-12,14-18H2,(H,23,26). The molecule has 2 fully saturated rings. The van der Waals surface area contributed by atoms with Gasteiger partial charge in [-0.25, -0.2) is 0 Å². The van der Waals surface area contributed by atoms with Crippen molar-refractivity contribution in [3.05, 3.63) is 24.2 Å². The molecule has 1 saturated carbocycles. The first-order valence-corrected chi connectivity index (χ1v) is 10.4. The Kier molecular flexibility index (Phi) is 7.90. The molecule has 1 aromatic rings. The second kappa shape index (κ2) is 10.6. The van der Waals surface area contributed by atoms with Gasteiger partial charge in [-0.3, -0.25) is 14.6 Å². The fourth-order valence-electron chi connectivity index (χ4n) is 4.42. The quantitative estimate of drug-likeness (QED) is 0.698. The molecule has 7 heteroatoms. The van der Waals surface area contributed by atoms with Crippen molar-refractivity contribution in [2.24, 2.45) is 0 Å². The van der Waals surface area contributed by atoms with Crippen LogP contribution in [0.5, 0.6) is 0 Å². The smallest absolute Gasteiger partial charge is 0.234 e. The zero-order valence-corrected chi connectivity index (χ0v) is 16.7. The van der Waals surface area contributed by atoms with Crippen LogP contribution in [0.3, 0.4) is 0 Å². The highest BCUT2D eigenvalue weighted by Crippen LogP contribution is 2.33. The highest BCUT2D eigenvalue weighted by Gasteiger charge is 2.38. The van der Waals surface area contributed by atoms with E-state index in [2.05, 4.69) is 16.3 Å². The fourth-order valence-corrected chi connectivity index (χ4v) is 4.42. The molecule has 0 unspecified atom stereocenters. The zero-order valence-electron chi connectivity index (χ0n) is 16.7. The van der Waals surface area contributed by atoms with Crippen LogP contribution in [0, 0.1) is 11.3 Å². The summed E-state index contributed by atoms with van der Waals surface area (Å²) in [6, 6.07) is 5.90. The number of nitriles is 1. The summed E-state index contributed by atoms with van der Waals surface area (Å²) >= 11 is 0. The average Bonchev–Trinajstić information content (AvgIpc) is 3.25. The molecule has 28 heavy (non-hydrogen) atoms. The molecule has 0 atom stereocenters. The molecule has 0 aromatic carbocycles. The van der Waals surface area contributed by atoms with Gasteiger partial charge in [-0.2, -0.15) is 5.26 Å². The number of hydrogen-bond acceptors (Lipinski definition) is 6. The van der Waals surface area contributed by atoms with Gasteiger partial charge in [-0.05, 0) is 25.0 Å². The van der Waals surface area contributed by atoms with Crippen molar-refractivity contribution in [1.29, 1.82) is 5.26 Å². The van der Waals surface area contributed by atoms with Gasteiger partial charge in [-0.15, -0.1) is 0 Å². The van der Waals surface area contributed by atoms with E-state index in [4.69, 9.17) is 14.4 Å². The third-order valence-corrected chi connectivity index (χ3v) is 5.95. The molecule has 154 valence electrons. The van der Waals surface area contributed by atoms with Gasteiger partial charge in [0.15, 0.2) is 0 Å². The normalized spacial score (nSPS) is 20.0. The van der Waals surface area contributed by atoms with Crippen molar-refractivity contribution in [3.8, 4) is 6.07 Å². The number of rotatable bonds is 9. The number of hydrogen-bond donors (Lipinski definition) is 1. The molecule has 0 bridgehead atoms. The van der Waals surface area contributed by atoms with E-state index in [9.17, 15) is 4.79 Å². The summed E-state index contributed by atoms with van der Waals surface area (Å²) in [5, 5.41) is 12.1. The first kappa shape index (κ1) is 20.8. The second-order valence-electron chi connectivity index (χ2n) is 7.86. The lowest BCUT2D eigenvalue weighted by molar-refractivity contribution is -0.123. The molecule has 2 heterocycles. The van der Waals surface area contributed by atoms with Gasteiger partial charge < -0.3 is 14.5 Å². The first-order chi connectivity index (χ1) is 13.7. The topological polar surface area (TPSA) is 81.7 Å². The maximum absolute atomic E-state index is 12.7. The predicted octanol–water partition coefficient (Wildman–Crippen LogP) is 2.15. The van der Waals surface area contributed by atoms with Crippen LogP contribution >= 0.6 is 0 Å². The van der Waals surface area contributed by atoms with E-state index >= 15 is 0 Å². The van der Waals surface area contributed by atoms with Gasteiger partial charge in [0.05, 0.1) is 38.6 Å². The Balaban J connectivity index is 1.55. The molecule has 3 rings (SSSR count). The molecular formula is C21H32N4O3. The van der Waals surface area contributed by atoms with Gasteiger partial charge in [0.1, 0.15) is 5.76 Å². The lowest BCUT2D eigenvalue weighted by atomic mass is 9.79. The third-order valence-electron chi connectivity index (χ3n) is 5.95. The van der Waals surface area contributed by atoms with Crippen molar-refractivity contribution in [1.82, 2.24) is 15.1 Å². The summed E-state index contributed by atoms with van der Waals surface area (Å²) in [5.74, 6) is 0.825. The molecule has 2 aliphatic rings. The number of morpholine rings is 1. The SMILES string of the molecule is N#CCCN(CC(=O)NCC1(N2CCOCC2)CCCCC1)Cc1ccco1. The van der Waals surface area contributed by atoms with E-state index in [1.807, 2.05) is 17.0 Å². The molecule has 1 N–H and O–H groups in total.